The molecule has 128 valence electrons. The van der Waals surface area contributed by atoms with Gasteiger partial charge in [-0.25, -0.2) is 4.79 Å². The summed E-state index contributed by atoms with van der Waals surface area (Å²) in [6.45, 7) is 0.412. The third-order valence-corrected chi connectivity index (χ3v) is 5.42. The van der Waals surface area contributed by atoms with Gasteiger partial charge in [-0.05, 0) is 18.4 Å². The molecule has 0 saturated heterocycles. The minimum Gasteiger partial charge on any atom is -0.379 e. The normalized spacial score (nSPS) is 22.3. The SMILES string of the molecule is CO[C@@H]1CCCC[C@H]1NC(=O)NCC[S@@](=O)Cc1ccccc1. The number of hydrogen-bond acceptors (Lipinski definition) is 3. The van der Waals surface area contributed by atoms with Crippen molar-refractivity contribution in [2.24, 2.45) is 0 Å². The van der Waals surface area contributed by atoms with Gasteiger partial charge in [-0.1, -0.05) is 43.2 Å². The van der Waals surface area contributed by atoms with Gasteiger partial charge < -0.3 is 15.4 Å². The Kier molecular flexibility index (Phi) is 7.55. The van der Waals surface area contributed by atoms with Gasteiger partial charge in [-0.15, -0.1) is 0 Å². The molecule has 1 fully saturated rings. The van der Waals surface area contributed by atoms with Gasteiger partial charge in [0.15, 0.2) is 0 Å². The van der Waals surface area contributed by atoms with Crippen LogP contribution in [-0.2, 0) is 21.3 Å². The van der Waals surface area contributed by atoms with E-state index >= 15 is 0 Å². The summed E-state index contributed by atoms with van der Waals surface area (Å²) in [6, 6.07) is 9.62. The smallest absolute Gasteiger partial charge is 0.315 e. The van der Waals surface area contributed by atoms with Gasteiger partial charge in [0, 0.05) is 36.0 Å². The van der Waals surface area contributed by atoms with E-state index in [1.54, 1.807) is 7.11 Å². The Labute approximate surface area is 140 Å². The van der Waals surface area contributed by atoms with E-state index in [0.29, 0.717) is 18.1 Å². The molecule has 2 rings (SSSR count). The number of benzene rings is 1. The third kappa shape index (κ3) is 6.31. The summed E-state index contributed by atoms with van der Waals surface area (Å²) in [5.41, 5.74) is 1.06. The Morgan fingerprint density at radius 3 is 2.74 bits per heavy atom. The molecule has 6 heteroatoms. The minimum absolute atomic E-state index is 0.0727. The van der Waals surface area contributed by atoms with Gasteiger partial charge in [0.05, 0.1) is 12.1 Å². The van der Waals surface area contributed by atoms with E-state index in [1.165, 1.54) is 0 Å². The van der Waals surface area contributed by atoms with Crippen LogP contribution in [0.25, 0.3) is 0 Å². The number of ether oxygens (including phenoxy) is 1. The average molecular weight is 338 g/mol. The van der Waals surface area contributed by atoms with Crippen LogP contribution in [0.4, 0.5) is 4.79 Å². The maximum Gasteiger partial charge on any atom is 0.315 e. The van der Waals surface area contributed by atoms with Crippen LogP contribution >= 0.6 is 0 Å². The first-order valence-corrected chi connectivity index (χ1v) is 9.64. The maximum absolute atomic E-state index is 12.0. The van der Waals surface area contributed by atoms with Crippen LogP contribution in [0.2, 0.25) is 0 Å². The first-order chi connectivity index (χ1) is 11.2. The number of urea groups is 1. The average Bonchev–Trinajstić information content (AvgIpc) is 2.56. The second-order valence-corrected chi connectivity index (χ2v) is 7.42. The molecule has 1 aliphatic carbocycles. The van der Waals surface area contributed by atoms with E-state index in [2.05, 4.69) is 10.6 Å². The number of hydrogen-bond donors (Lipinski definition) is 2. The zero-order valence-electron chi connectivity index (χ0n) is 13.6. The van der Waals surface area contributed by atoms with Crippen LogP contribution < -0.4 is 10.6 Å². The molecule has 0 unspecified atom stereocenters. The fourth-order valence-corrected chi connectivity index (χ4v) is 3.91. The summed E-state index contributed by atoms with van der Waals surface area (Å²) in [6.07, 6.45) is 4.30. The standard InChI is InChI=1S/C17H26N2O3S/c1-22-16-10-6-5-9-15(16)19-17(20)18-11-12-23(21)13-14-7-3-2-4-8-14/h2-4,7-8,15-16H,5-6,9-13H2,1H3,(H2,18,19,20)/t15-,16-,23-/m1/s1. The molecule has 5 nitrogen and oxygen atoms in total. The van der Waals surface area contributed by atoms with E-state index in [-0.39, 0.29) is 18.2 Å². The molecule has 23 heavy (non-hydrogen) atoms. The van der Waals surface area contributed by atoms with E-state index in [4.69, 9.17) is 4.74 Å². The number of rotatable bonds is 7. The molecule has 2 amide bonds. The Morgan fingerprint density at radius 2 is 2.00 bits per heavy atom. The van der Waals surface area contributed by atoms with Crippen molar-refractivity contribution in [3.8, 4) is 0 Å². The highest BCUT2D eigenvalue weighted by atomic mass is 32.2. The molecule has 0 heterocycles. The van der Waals surface area contributed by atoms with E-state index in [0.717, 1.165) is 31.2 Å². The Balaban J connectivity index is 1.65. The molecule has 1 aromatic rings. The highest BCUT2D eigenvalue weighted by Gasteiger charge is 2.26. The molecule has 0 spiro atoms. The van der Waals surface area contributed by atoms with Crippen molar-refractivity contribution in [1.82, 2.24) is 10.6 Å². The van der Waals surface area contributed by atoms with Crippen molar-refractivity contribution in [2.45, 2.75) is 43.6 Å². The fourth-order valence-electron chi connectivity index (χ4n) is 2.87. The molecule has 0 aromatic heterocycles. The largest absolute Gasteiger partial charge is 0.379 e. The first kappa shape index (κ1) is 17.9. The van der Waals surface area contributed by atoms with Crippen molar-refractivity contribution < 1.29 is 13.7 Å². The van der Waals surface area contributed by atoms with Crippen LogP contribution in [0.15, 0.2) is 30.3 Å². The summed E-state index contributed by atoms with van der Waals surface area (Å²) in [5, 5.41) is 5.76. The first-order valence-electron chi connectivity index (χ1n) is 8.15. The summed E-state index contributed by atoms with van der Waals surface area (Å²) in [5.74, 6) is 0.985. The lowest BCUT2D eigenvalue weighted by Crippen LogP contribution is -2.50. The maximum atomic E-state index is 12.0. The molecule has 1 aliphatic rings. The highest BCUT2D eigenvalue weighted by molar-refractivity contribution is 7.84. The van der Waals surface area contributed by atoms with Gasteiger partial charge in [-0.2, -0.15) is 0 Å². The van der Waals surface area contributed by atoms with Gasteiger partial charge in [0.1, 0.15) is 0 Å². The molecule has 0 radical (unpaired) electrons. The monoisotopic (exact) mass is 338 g/mol. The van der Waals surface area contributed by atoms with Crippen molar-refractivity contribution in [1.29, 1.82) is 0 Å². The zero-order chi connectivity index (χ0) is 16.5. The van der Waals surface area contributed by atoms with Crippen LogP contribution in [-0.4, -0.2) is 41.8 Å². The van der Waals surface area contributed by atoms with Crippen molar-refractivity contribution in [2.75, 3.05) is 19.4 Å². The minimum atomic E-state index is -0.970. The summed E-state index contributed by atoms with van der Waals surface area (Å²) in [4.78, 5) is 11.9. The van der Waals surface area contributed by atoms with E-state index in [9.17, 15) is 9.00 Å². The van der Waals surface area contributed by atoms with Crippen LogP contribution in [0.1, 0.15) is 31.2 Å². The van der Waals surface area contributed by atoms with Crippen molar-refractivity contribution >= 4 is 16.8 Å². The fraction of sp³-hybridized carbons (Fsp3) is 0.588. The lowest BCUT2D eigenvalue weighted by Gasteiger charge is -2.31. The molecule has 3 atom stereocenters. The number of nitrogens with one attached hydrogen (secondary N) is 2. The lowest BCUT2D eigenvalue weighted by atomic mass is 9.92. The van der Waals surface area contributed by atoms with E-state index < -0.39 is 10.8 Å². The van der Waals surface area contributed by atoms with Gasteiger partial charge in [0.25, 0.3) is 0 Å². The Morgan fingerprint density at radius 1 is 1.26 bits per heavy atom. The number of carbonyl (C=O) groups excluding carboxylic acids is 1. The second-order valence-electron chi connectivity index (χ2n) is 5.84. The lowest BCUT2D eigenvalue weighted by molar-refractivity contribution is 0.0452. The number of methoxy groups -OCH3 is 1. The van der Waals surface area contributed by atoms with Gasteiger partial charge >= 0.3 is 6.03 Å². The summed E-state index contributed by atoms with van der Waals surface area (Å²) >= 11 is 0. The van der Waals surface area contributed by atoms with Crippen molar-refractivity contribution in [3.05, 3.63) is 35.9 Å². The number of carbonyl (C=O) groups is 1. The molecule has 1 saturated carbocycles. The molecule has 2 N–H and O–H groups in total. The van der Waals surface area contributed by atoms with Crippen LogP contribution in [0.3, 0.4) is 0 Å². The Bertz CT molecular complexity index is 510. The predicted molar refractivity (Wildman–Crippen MR) is 92.7 cm³/mol. The van der Waals surface area contributed by atoms with Gasteiger partial charge in [-0.3, -0.25) is 4.21 Å². The predicted octanol–water partition coefficient (Wildman–Crippen LogP) is 2.19. The number of amides is 2. The quantitative estimate of drug-likeness (QED) is 0.801. The Hall–Kier alpha value is -1.40. The molecular weight excluding hydrogens is 312 g/mol. The van der Waals surface area contributed by atoms with Crippen molar-refractivity contribution in [3.63, 3.8) is 0 Å². The highest BCUT2D eigenvalue weighted by Crippen LogP contribution is 2.20. The topological polar surface area (TPSA) is 67.4 Å². The summed E-state index contributed by atoms with van der Waals surface area (Å²) in [7, 11) is 0.720. The molecule has 0 aliphatic heterocycles. The van der Waals surface area contributed by atoms with Crippen LogP contribution in [0, 0.1) is 0 Å². The van der Waals surface area contributed by atoms with E-state index in [1.807, 2.05) is 30.3 Å². The summed E-state index contributed by atoms with van der Waals surface area (Å²) < 4.78 is 17.4. The zero-order valence-corrected chi connectivity index (χ0v) is 14.4. The third-order valence-electron chi connectivity index (χ3n) is 4.11. The van der Waals surface area contributed by atoms with Crippen LogP contribution in [0.5, 0.6) is 0 Å². The molecule has 0 bridgehead atoms. The molecule has 1 aromatic carbocycles. The molecular formula is C17H26N2O3S. The van der Waals surface area contributed by atoms with Gasteiger partial charge in [0.2, 0.25) is 0 Å². The second kappa shape index (κ2) is 9.67.